The van der Waals surface area contributed by atoms with Crippen molar-refractivity contribution in [2.24, 2.45) is 0 Å². The lowest BCUT2D eigenvalue weighted by atomic mass is 9.97. The Morgan fingerprint density at radius 1 is 0.824 bits per heavy atom. The van der Waals surface area contributed by atoms with E-state index < -0.39 is 5.91 Å². The topological polar surface area (TPSA) is 49.4 Å². The van der Waals surface area contributed by atoms with Gasteiger partial charge in [0.2, 0.25) is 0 Å². The zero-order chi connectivity index (χ0) is 23.8. The first-order valence-electron chi connectivity index (χ1n) is 11.1. The molecule has 0 unspecified atom stereocenters. The van der Waals surface area contributed by atoms with Crippen molar-refractivity contribution >= 4 is 33.8 Å². The van der Waals surface area contributed by atoms with Gasteiger partial charge in [0.25, 0.3) is 11.8 Å². The molecule has 1 heterocycles. The molecule has 4 nitrogen and oxygen atoms in total. The van der Waals surface area contributed by atoms with E-state index in [1.54, 1.807) is 12.1 Å². The second kappa shape index (κ2) is 8.60. The molecule has 168 valence electrons. The molecule has 34 heavy (non-hydrogen) atoms. The summed E-state index contributed by atoms with van der Waals surface area (Å²) in [7, 11) is 0. The van der Waals surface area contributed by atoms with E-state index in [-0.39, 0.29) is 24.0 Å². The summed E-state index contributed by atoms with van der Waals surface area (Å²) in [6.45, 7) is 3.99. The summed E-state index contributed by atoms with van der Waals surface area (Å²) in [6, 6.07) is 25.3. The normalized spacial score (nSPS) is 13.8. The number of fused-ring (bicyclic) bond motifs is 1. The summed E-state index contributed by atoms with van der Waals surface area (Å²) in [6.07, 6.45) is 0. The van der Waals surface area contributed by atoms with Crippen LogP contribution in [0.3, 0.4) is 0 Å². The highest BCUT2D eigenvalue weighted by Gasteiger charge is 2.39. The summed E-state index contributed by atoms with van der Waals surface area (Å²) < 4.78 is 13.4. The van der Waals surface area contributed by atoms with Gasteiger partial charge >= 0.3 is 0 Å². The molecule has 0 aromatic heterocycles. The van der Waals surface area contributed by atoms with E-state index in [0.29, 0.717) is 16.7 Å². The third-order valence-corrected chi connectivity index (χ3v) is 6.12. The van der Waals surface area contributed by atoms with Crippen LogP contribution in [-0.4, -0.2) is 16.7 Å². The molecule has 0 aliphatic carbocycles. The summed E-state index contributed by atoms with van der Waals surface area (Å²) in [5.74, 6) is -1.14. The number of anilines is 1. The van der Waals surface area contributed by atoms with Crippen LogP contribution in [0.2, 0.25) is 0 Å². The Morgan fingerprint density at radius 2 is 1.56 bits per heavy atom. The minimum Gasteiger partial charge on any atom is -0.350 e. The minimum absolute atomic E-state index is 0.0626. The van der Waals surface area contributed by atoms with E-state index in [1.165, 1.54) is 17.0 Å². The van der Waals surface area contributed by atoms with Crippen molar-refractivity contribution < 1.29 is 14.0 Å². The van der Waals surface area contributed by atoms with Gasteiger partial charge in [-0.25, -0.2) is 4.39 Å². The second-order valence-electron chi connectivity index (χ2n) is 8.54. The van der Waals surface area contributed by atoms with E-state index >= 15 is 0 Å². The number of aryl methyl sites for hydroxylation is 2. The maximum Gasteiger partial charge on any atom is 0.278 e. The van der Waals surface area contributed by atoms with Crippen molar-refractivity contribution in [1.82, 2.24) is 4.90 Å². The highest BCUT2D eigenvalue weighted by molar-refractivity contribution is 6.36. The Kier molecular flexibility index (Phi) is 5.46. The van der Waals surface area contributed by atoms with Gasteiger partial charge < -0.3 is 5.32 Å². The van der Waals surface area contributed by atoms with E-state index in [2.05, 4.69) is 5.32 Å². The van der Waals surface area contributed by atoms with Crippen molar-refractivity contribution in [2.45, 2.75) is 20.4 Å². The third kappa shape index (κ3) is 3.86. The molecule has 0 saturated heterocycles. The molecule has 0 fully saturated rings. The Morgan fingerprint density at radius 3 is 2.32 bits per heavy atom. The van der Waals surface area contributed by atoms with Gasteiger partial charge in [0.15, 0.2) is 0 Å². The van der Waals surface area contributed by atoms with Gasteiger partial charge in [-0.05, 0) is 54.1 Å². The Bertz CT molecular complexity index is 1470. The largest absolute Gasteiger partial charge is 0.350 e. The van der Waals surface area contributed by atoms with Crippen LogP contribution in [0.4, 0.5) is 10.1 Å². The fourth-order valence-electron chi connectivity index (χ4n) is 4.42. The second-order valence-corrected chi connectivity index (χ2v) is 8.54. The number of hydrogen-bond donors (Lipinski definition) is 1. The Balaban J connectivity index is 1.61. The van der Waals surface area contributed by atoms with Gasteiger partial charge in [-0.3, -0.25) is 14.5 Å². The molecule has 0 bridgehead atoms. The molecule has 5 rings (SSSR count). The lowest BCUT2D eigenvalue weighted by Crippen LogP contribution is -2.32. The average Bonchev–Trinajstić information content (AvgIpc) is 3.05. The SMILES string of the molecule is Cc1ccc(C2=C(Nc3cccc4ccccc34)C(=O)N(Cc3ccc(F)cc3)C2=O)c(C)c1. The van der Waals surface area contributed by atoms with Gasteiger partial charge in [0, 0.05) is 11.1 Å². The molecule has 0 atom stereocenters. The van der Waals surface area contributed by atoms with Crippen molar-refractivity contribution in [2.75, 3.05) is 5.32 Å². The monoisotopic (exact) mass is 450 g/mol. The van der Waals surface area contributed by atoms with Crippen molar-refractivity contribution in [3.8, 4) is 0 Å². The number of carbonyl (C=O) groups excluding carboxylic acids is 2. The van der Waals surface area contributed by atoms with Crippen LogP contribution >= 0.6 is 0 Å². The van der Waals surface area contributed by atoms with Crippen molar-refractivity contribution in [1.29, 1.82) is 0 Å². The Labute approximate surface area is 197 Å². The van der Waals surface area contributed by atoms with Gasteiger partial charge in [-0.2, -0.15) is 0 Å². The molecule has 0 saturated carbocycles. The number of halogens is 1. The number of amides is 2. The fourth-order valence-corrected chi connectivity index (χ4v) is 4.42. The van der Waals surface area contributed by atoms with E-state index in [1.807, 2.05) is 74.5 Å². The Hall–Kier alpha value is -4.25. The summed E-state index contributed by atoms with van der Waals surface area (Å²) in [5, 5.41) is 5.27. The molecular weight excluding hydrogens is 427 g/mol. The van der Waals surface area contributed by atoms with Crippen LogP contribution in [-0.2, 0) is 16.1 Å². The number of carbonyl (C=O) groups is 2. The van der Waals surface area contributed by atoms with E-state index in [9.17, 15) is 14.0 Å². The fraction of sp³-hybridized carbons (Fsp3) is 0.103. The highest BCUT2D eigenvalue weighted by Crippen LogP contribution is 2.35. The standard InChI is InChI=1S/C29H23FN2O2/c1-18-10-15-23(19(2)16-18)26-27(31-25-9-5-7-21-6-3-4-8-24(21)25)29(34)32(28(26)33)17-20-11-13-22(30)14-12-20/h3-16,31H,17H2,1-2H3. The minimum atomic E-state index is -0.405. The summed E-state index contributed by atoms with van der Waals surface area (Å²) in [5.41, 5.74) is 4.72. The molecular formula is C29H23FN2O2. The number of hydrogen-bond acceptors (Lipinski definition) is 3. The first kappa shape index (κ1) is 21.6. The molecule has 1 aliphatic heterocycles. The van der Waals surface area contributed by atoms with Crippen molar-refractivity contribution in [3.63, 3.8) is 0 Å². The van der Waals surface area contributed by atoms with Crippen LogP contribution < -0.4 is 5.32 Å². The molecule has 2 amide bonds. The molecule has 1 N–H and O–H groups in total. The number of nitrogens with zero attached hydrogens (tertiary/aromatic N) is 1. The molecule has 0 radical (unpaired) electrons. The first-order valence-corrected chi connectivity index (χ1v) is 11.1. The number of imide groups is 1. The van der Waals surface area contributed by atoms with Crippen LogP contribution in [0.5, 0.6) is 0 Å². The lowest BCUT2D eigenvalue weighted by Gasteiger charge is -2.16. The molecule has 4 aromatic carbocycles. The van der Waals surface area contributed by atoms with Gasteiger partial charge in [0.05, 0.1) is 12.1 Å². The number of nitrogens with one attached hydrogen (secondary N) is 1. The number of benzene rings is 4. The molecule has 5 heteroatoms. The average molecular weight is 451 g/mol. The highest BCUT2D eigenvalue weighted by atomic mass is 19.1. The zero-order valence-electron chi connectivity index (χ0n) is 18.9. The van der Waals surface area contributed by atoms with E-state index in [4.69, 9.17) is 0 Å². The van der Waals surface area contributed by atoms with Crippen LogP contribution in [0, 0.1) is 19.7 Å². The molecule has 4 aromatic rings. The summed E-state index contributed by atoms with van der Waals surface area (Å²) in [4.78, 5) is 28.4. The molecule has 1 aliphatic rings. The predicted octanol–water partition coefficient (Wildman–Crippen LogP) is 5.99. The quantitative estimate of drug-likeness (QED) is 0.380. The number of rotatable bonds is 5. The van der Waals surface area contributed by atoms with Gasteiger partial charge in [-0.15, -0.1) is 0 Å². The smallest absolute Gasteiger partial charge is 0.278 e. The lowest BCUT2D eigenvalue weighted by molar-refractivity contribution is -0.137. The van der Waals surface area contributed by atoms with Gasteiger partial charge in [-0.1, -0.05) is 72.3 Å². The third-order valence-electron chi connectivity index (χ3n) is 6.12. The van der Waals surface area contributed by atoms with Crippen LogP contribution in [0.15, 0.2) is 90.6 Å². The van der Waals surface area contributed by atoms with Crippen LogP contribution in [0.25, 0.3) is 16.3 Å². The van der Waals surface area contributed by atoms with E-state index in [0.717, 1.165) is 27.6 Å². The maximum absolute atomic E-state index is 13.6. The van der Waals surface area contributed by atoms with Gasteiger partial charge in [0.1, 0.15) is 11.5 Å². The van der Waals surface area contributed by atoms with Crippen molar-refractivity contribution in [3.05, 3.63) is 119 Å². The zero-order valence-corrected chi connectivity index (χ0v) is 18.9. The van der Waals surface area contributed by atoms with Crippen LogP contribution in [0.1, 0.15) is 22.3 Å². The predicted molar refractivity (Wildman–Crippen MR) is 132 cm³/mol. The summed E-state index contributed by atoms with van der Waals surface area (Å²) >= 11 is 0. The maximum atomic E-state index is 13.6. The first-order chi connectivity index (χ1) is 16.4. The molecule has 0 spiro atoms.